The second kappa shape index (κ2) is 6.24. The maximum Gasteiger partial charge on any atom is 0.338 e. The molecule has 2 aromatic rings. The van der Waals surface area contributed by atoms with Crippen LogP contribution in [-0.2, 0) is 11.2 Å². The van der Waals surface area contributed by atoms with Gasteiger partial charge < -0.3 is 9.47 Å². The van der Waals surface area contributed by atoms with Crippen molar-refractivity contribution in [2.45, 2.75) is 13.3 Å². The smallest absolute Gasteiger partial charge is 0.338 e. The van der Waals surface area contributed by atoms with Crippen molar-refractivity contribution >= 4 is 5.97 Å². The van der Waals surface area contributed by atoms with Crippen molar-refractivity contribution in [3.8, 4) is 5.75 Å². The summed E-state index contributed by atoms with van der Waals surface area (Å²) in [4.78, 5) is 11.8. The van der Waals surface area contributed by atoms with Gasteiger partial charge in [-0.1, -0.05) is 24.3 Å². The number of aryl methyl sites for hydroxylation is 1. The summed E-state index contributed by atoms with van der Waals surface area (Å²) in [5, 5.41) is 0. The molecule has 0 aliphatic heterocycles. The van der Waals surface area contributed by atoms with Crippen LogP contribution in [0.3, 0.4) is 0 Å². The minimum Gasteiger partial charge on any atom is -0.497 e. The molecule has 2 rings (SSSR count). The molecule has 0 aliphatic rings. The van der Waals surface area contributed by atoms with E-state index in [1.807, 2.05) is 43.3 Å². The fraction of sp³-hybridized carbons (Fsp3) is 0.235. The largest absolute Gasteiger partial charge is 0.497 e. The maximum absolute atomic E-state index is 11.8. The lowest BCUT2D eigenvalue weighted by Gasteiger charge is -2.11. The molecule has 0 amide bonds. The molecule has 0 heterocycles. The summed E-state index contributed by atoms with van der Waals surface area (Å²) >= 11 is 0. The Morgan fingerprint density at radius 2 is 1.75 bits per heavy atom. The lowest BCUT2D eigenvalue weighted by Crippen LogP contribution is -2.07. The third-order valence-corrected chi connectivity index (χ3v) is 3.36. The molecule has 0 saturated heterocycles. The third-order valence-electron chi connectivity index (χ3n) is 3.36. The fourth-order valence-electron chi connectivity index (χ4n) is 2.19. The van der Waals surface area contributed by atoms with Gasteiger partial charge in [0.1, 0.15) is 5.75 Å². The summed E-state index contributed by atoms with van der Waals surface area (Å²) < 4.78 is 10.00. The van der Waals surface area contributed by atoms with Gasteiger partial charge in [0.15, 0.2) is 0 Å². The molecular weight excluding hydrogens is 252 g/mol. The van der Waals surface area contributed by atoms with Crippen molar-refractivity contribution in [1.82, 2.24) is 0 Å². The van der Waals surface area contributed by atoms with E-state index in [0.717, 1.165) is 22.4 Å². The van der Waals surface area contributed by atoms with Crippen LogP contribution >= 0.6 is 0 Å². The number of methoxy groups -OCH3 is 2. The molecule has 20 heavy (non-hydrogen) atoms. The first-order valence-electron chi connectivity index (χ1n) is 6.45. The Balaban J connectivity index is 2.34. The van der Waals surface area contributed by atoms with E-state index in [-0.39, 0.29) is 5.97 Å². The Morgan fingerprint density at radius 1 is 1.05 bits per heavy atom. The molecule has 0 fully saturated rings. The molecule has 3 nitrogen and oxygen atoms in total. The number of ether oxygens (including phenoxy) is 2. The van der Waals surface area contributed by atoms with E-state index in [9.17, 15) is 4.79 Å². The van der Waals surface area contributed by atoms with Crippen molar-refractivity contribution in [1.29, 1.82) is 0 Å². The molecule has 0 radical (unpaired) electrons. The molecule has 0 aliphatic carbocycles. The molecule has 0 saturated carbocycles. The van der Waals surface area contributed by atoms with E-state index in [2.05, 4.69) is 0 Å². The molecule has 104 valence electrons. The summed E-state index contributed by atoms with van der Waals surface area (Å²) in [7, 11) is 3.05. The first-order valence-corrected chi connectivity index (χ1v) is 6.45. The van der Waals surface area contributed by atoms with Gasteiger partial charge in [-0.05, 0) is 48.2 Å². The van der Waals surface area contributed by atoms with Crippen LogP contribution in [0.2, 0.25) is 0 Å². The Bertz CT molecular complexity index is 600. The minimum absolute atomic E-state index is 0.294. The van der Waals surface area contributed by atoms with E-state index < -0.39 is 0 Å². The van der Waals surface area contributed by atoms with Gasteiger partial charge >= 0.3 is 5.97 Å². The zero-order chi connectivity index (χ0) is 14.5. The SMILES string of the molecule is COC(=O)c1cccc(C)c1Cc1ccc(OC)cc1. The highest BCUT2D eigenvalue weighted by Gasteiger charge is 2.13. The lowest BCUT2D eigenvalue weighted by atomic mass is 9.95. The molecule has 0 atom stereocenters. The summed E-state index contributed by atoms with van der Waals surface area (Å²) in [5.41, 5.74) is 3.85. The van der Waals surface area contributed by atoms with Crippen molar-refractivity contribution in [2.75, 3.05) is 14.2 Å². The van der Waals surface area contributed by atoms with Crippen LogP contribution in [-0.4, -0.2) is 20.2 Å². The molecule has 0 N–H and O–H groups in total. The average Bonchev–Trinajstić information content (AvgIpc) is 2.49. The molecule has 0 bridgehead atoms. The van der Waals surface area contributed by atoms with Crippen LogP contribution in [0, 0.1) is 6.92 Å². The van der Waals surface area contributed by atoms with Gasteiger partial charge in [-0.2, -0.15) is 0 Å². The summed E-state index contributed by atoms with van der Waals surface area (Å²) in [6, 6.07) is 13.5. The van der Waals surface area contributed by atoms with E-state index in [1.165, 1.54) is 7.11 Å². The third kappa shape index (κ3) is 2.99. The monoisotopic (exact) mass is 270 g/mol. The predicted octanol–water partition coefficient (Wildman–Crippen LogP) is 3.38. The first kappa shape index (κ1) is 14.1. The van der Waals surface area contributed by atoms with Gasteiger partial charge in [0.2, 0.25) is 0 Å². The molecular formula is C17H18O3. The Morgan fingerprint density at radius 3 is 2.35 bits per heavy atom. The number of rotatable bonds is 4. The first-order chi connectivity index (χ1) is 9.65. The number of carbonyl (C=O) groups excluding carboxylic acids is 1. The standard InChI is InChI=1S/C17H18O3/c1-12-5-4-6-15(17(18)20-3)16(12)11-13-7-9-14(19-2)10-8-13/h4-10H,11H2,1-3H3. The molecule has 3 heteroatoms. The molecule has 0 aromatic heterocycles. The second-order valence-corrected chi connectivity index (χ2v) is 4.62. The Kier molecular flexibility index (Phi) is 4.41. The summed E-state index contributed by atoms with van der Waals surface area (Å²) in [6.07, 6.45) is 0.696. The van der Waals surface area contributed by atoms with Crippen molar-refractivity contribution < 1.29 is 14.3 Å². The number of carbonyl (C=O) groups is 1. The lowest BCUT2D eigenvalue weighted by molar-refractivity contribution is 0.0599. The van der Waals surface area contributed by atoms with Crippen LogP contribution in [0.1, 0.15) is 27.0 Å². The number of hydrogen-bond acceptors (Lipinski definition) is 3. The number of esters is 1. The van der Waals surface area contributed by atoms with E-state index in [1.54, 1.807) is 13.2 Å². The maximum atomic E-state index is 11.8. The summed E-state index contributed by atoms with van der Waals surface area (Å²) in [5.74, 6) is 0.531. The zero-order valence-corrected chi connectivity index (χ0v) is 12.0. The molecule has 0 unspecified atom stereocenters. The molecule has 0 spiro atoms. The van der Waals surface area contributed by atoms with Gasteiger partial charge in [0, 0.05) is 0 Å². The van der Waals surface area contributed by atoms with Gasteiger partial charge in [0.05, 0.1) is 19.8 Å². The van der Waals surface area contributed by atoms with Crippen LogP contribution in [0.4, 0.5) is 0 Å². The number of benzene rings is 2. The van der Waals surface area contributed by atoms with E-state index >= 15 is 0 Å². The highest BCUT2D eigenvalue weighted by Crippen LogP contribution is 2.21. The highest BCUT2D eigenvalue weighted by molar-refractivity contribution is 5.91. The van der Waals surface area contributed by atoms with Gasteiger partial charge in [-0.25, -0.2) is 4.79 Å². The quantitative estimate of drug-likeness (QED) is 0.799. The second-order valence-electron chi connectivity index (χ2n) is 4.62. The van der Waals surface area contributed by atoms with Crippen LogP contribution in [0.5, 0.6) is 5.75 Å². The highest BCUT2D eigenvalue weighted by atomic mass is 16.5. The topological polar surface area (TPSA) is 35.5 Å². The van der Waals surface area contributed by atoms with Crippen LogP contribution in [0.15, 0.2) is 42.5 Å². The summed E-state index contributed by atoms with van der Waals surface area (Å²) in [6.45, 7) is 2.01. The Hall–Kier alpha value is -2.29. The number of hydrogen-bond donors (Lipinski definition) is 0. The fourth-order valence-corrected chi connectivity index (χ4v) is 2.19. The minimum atomic E-state index is -0.294. The Labute approximate surface area is 119 Å². The average molecular weight is 270 g/mol. The van der Waals surface area contributed by atoms with Gasteiger partial charge in [0.25, 0.3) is 0 Å². The van der Waals surface area contributed by atoms with Gasteiger partial charge in [-0.3, -0.25) is 0 Å². The van der Waals surface area contributed by atoms with Crippen molar-refractivity contribution in [3.63, 3.8) is 0 Å². The van der Waals surface area contributed by atoms with Crippen molar-refractivity contribution in [3.05, 3.63) is 64.7 Å². The van der Waals surface area contributed by atoms with Crippen LogP contribution < -0.4 is 4.74 Å². The normalized spacial score (nSPS) is 10.2. The van der Waals surface area contributed by atoms with E-state index in [0.29, 0.717) is 12.0 Å². The van der Waals surface area contributed by atoms with Crippen molar-refractivity contribution in [2.24, 2.45) is 0 Å². The zero-order valence-electron chi connectivity index (χ0n) is 12.0. The van der Waals surface area contributed by atoms with E-state index in [4.69, 9.17) is 9.47 Å². The van der Waals surface area contributed by atoms with Crippen LogP contribution in [0.25, 0.3) is 0 Å². The predicted molar refractivity (Wildman–Crippen MR) is 78.3 cm³/mol. The van der Waals surface area contributed by atoms with Gasteiger partial charge in [-0.15, -0.1) is 0 Å². The molecule has 2 aromatic carbocycles.